The van der Waals surface area contributed by atoms with Crippen LogP contribution >= 0.6 is 0 Å². The summed E-state index contributed by atoms with van der Waals surface area (Å²) < 4.78 is 0. The molecule has 2 saturated heterocycles. The standard InChI is InChI=1S/C37H64N10O9/c1-20(2)29(51)23(19-28(49)50)43-32(53)26-14-11-17-47(26)35(56)22(12-8-9-15-41-36(39)40)42-31(52)24(18-27(38)48)44-34(55)30(37(5,6)7)45-33(54)25-13-10-16-46(25)21(3)4/h20-26,30H,8-19H2,1-7H3,(H2,38,48)(H,42,52)(H,43,53)(H,44,55)(H,45,54)(H,49,50)(H4,39,40,41)/t22-,23+,24-,25-,26-,30+/m1/s1. The van der Waals surface area contributed by atoms with Gasteiger partial charge in [-0.05, 0) is 70.8 Å². The molecule has 0 spiro atoms. The Labute approximate surface area is 329 Å². The second kappa shape index (κ2) is 21.5. The summed E-state index contributed by atoms with van der Waals surface area (Å²) in [6, 6.07) is -6.62. The second-order valence-electron chi connectivity index (χ2n) is 16.3. The van der Waals surface area contributed by atoms with Crippen LogP contribution in [-0.2, 0) is 38.4 Å². The summed E-state index contributed by atoms with van der Waals surface area (Å²) in [7, 11) is 0. The van der Waals surface area contributed by atoms with E-state index in [2.05, 4.69) is 31.5 Å². The Kier molecular flexibility index (Phi) is 18.2. The molecule has 6 atom stereocenters. The molecule has 0 saturated carbocycles. The summed E-state index contributed by atoms with van der Waals surface area (Å²) >= 11 is 0. The first-order valence-electron chi connectivity index (χ1n) is 19.4. The van der Waals surface area contributed by atoms with Gasteiger partial charge in [0, 0.05) is 25.0 Å². The van der Waals surface area contributed by atoms with Gasteiger partial charge in [0.1, 0.15) is 24.2 Å². The Morgan fingerprint density at radius 3 is 1.91 bits per heavy atom. The van der Waals surface area contributed by atoms with Crippen LogP contribution in [0.2, 0.25) is 0 Å². The van der Waals surface area contributed by atoms with Crippen molar-refractivity contribution >= 4 is 53.2 Å². The second-order valence-corrected chi connectivity index (χ2v) is 16.3. The number of carboxylic acid groups (broad SMARTS) is 1. The average Bonchev–Trinajstić information content (AvgIpc) is 3.78. The molecule has 0 aliphatic carbocycles. The SMILES string of the molecule is CC(C)C(=O)[C@H](CC(=O)O)NC(=O)[C@H]1CCCN1C(=O)[C@@H](CCCCNC(=N)N)NC(=O)[C@@H](CC(N)=O)NC(=O)[C@H](NC(=O)[C@H]1CCCN1C(C)C)C(C)(C)C. The highest BCUT2D eigenvalue weighted by atomic mass is 16.4. The third-order valence-electron chi connectivity index (χ3n) is 10.0. The number of carbonyl (C=O) groups excluding carboxylic acids is 7. The molecule has 56 heavy (non-hydrogen) atoms. The van der Waals surface area contributed by atoms with E-state index in [0.717, 1.165) is 13.0 Å². The number of rotatable bonds is 21. The van der Waals surface area contributed by atoms with Crippen molar-refractivity contribution in [1.82, 2.24) is 36.4 Å². The van der Waals surface area contributed by atoms with Crippen molar-refractivity contribution in [3.63, 3.8) is 0 Å². The van der Waals surface area contributed by atoms with Gasteiger partial charge in [-0.1, -0.05) is 34.6 Å². The molecule has 2 aliphatic rings. The zero-order chi connectivity index (χ0) is 42.5. The van der Waals surface area contributed by atoms with Gasteiger partial charge < -0.3 is 48.1 Å². The summed E-state index contributed by atoms with van der Waals surface area (Å²) in [5, 5.41) is 30.0. The van der Waals surface area contributed by atoms with Crippen LogP contribution in [0.15, 0.2) is 0 Å². The van der Waals surface area contributed by atoms with Crippen molar-refractivity contribution in [1.29, 1.82) is 5.41 Å². The van der Waals surface area contributed by atoms with Crippen LogP contribution in [0.25, 0.3) is 0 Å². The first kappa shape index (κ1) is 47.3. The number of guanidine groups is 1. The number of carboxylic acids is 1. The topological polar surface area (TPSA) is 299 Å². The van der Waals surface area contributed by atoms with Crippen molar-refractivity contribution in [3.05, 3.63) is 0 Å². The maximum atomic E-state index is 14.2. The molecule has 0 aromatic carbocycles. The van der Waals surface area contributed by atoms with Gasteiger partial charge in [-0.2, -0.15) is 0 Å². The van der Waals surface area contributed by atoms with E-state index in [1.807, 2.05) is 13.8 Å². The molecule has 0 radical (unpaired) electrons. The van der Waals surface area contributed by atoms with Crippen molar-refractivity contribution < 1.29 is 43.5 Å². The number of unbranched alkanes of at least 4 members (excludes halogenated alkanes) is 1. The van der Waals surface area contributed by atoms with Gasteiger partial charge in [0.2, 0.25) is 35.4 Å². The van der Waals surface area contributed by atoms with E-state index in [9.17, 15) is 43.5 Å². The van der Waals surface area contributed by atoms with Gasteiger partial charge in [0.15, 0.2) is 11.7 Å². The monoisotopic (exact) mass is 792 g/mol. The van der Waals surface area contributed by atoms with Crippen molar-refractivity contribution in [2.24, 2.45) is 22.8 Å². The molecule has 2 aliphatic heterocycles. The first-order chi connectivity index (χ1) is 26.0. The number of primary amides is 1. The average molecular weight is 793 g/mol. The Bertz CT molecular complexity index is 1460. The first-order valence-corrected chi connectivity index (χ1v) is 19.4. The lowest BCUT2D eigenvalue weighted by Gasteiger charge is -2.34. The molecule has 316 valence electrons. The largest absolute Gasteiger partial charge is 0.481 e. The number of aliphatic carboxylic acids is 1. The number of Topliss-reactive ketones (excluding diaryl/α,β-unsaturated/α-hetero) is 1. The van der Waals surface area contributed by atoms with Crippen LogP contribution in [0.4, 0.5) is 0 Å². The third-order valence-corrected chi connectivity index (χ3v) is 10.0. The van der Waals surface area contributed by atoms with Gasteiger partial charge in [-0.3, -0.25) is 48.7 Å². The fourth-order valence-corrected chi connectivity index (χ4v) is 7.07. The molecule has 6 amide bonds. The smallest absolute Gasteiger partial charge is 0.305 e. The van der Waals surface area contributed by atoms with Crippen LogP contribution < -0.4 is 38.1 Å². The van der Waals surface area contributed by atoms with Gasteiger partial charge in [-0.15, -0.1) is 0 Å². The van der Waals surface area contributed by atoms with E-state index >= 15 is 0 Å². The van der Waals surface area contributed by atoms with Gasteiger partial charge in [-0.25, -0.2) is 0 Å². The number of carbonyl (C=O) groups is 8. The van der Waals surface area contributed by atoms with Crippen molar-refractivity contribution in [3.8, 4) is 0 Å². The summed E-state index contributed by atoms with van der Waals surface area (Å²) in [5.74, 6) is -6.82. The molecule has 0 bridgehead atoms. The quantitative estimate of drug-likeness (QED) is 0.0387. The number of nitrogens with two attached hydrogens (primary N) is 2. The van der Waals surface area contributed by atoms with E-state index in [1.165, 1.54) is 4.90 Å². The number of amides is 6. The summed E-state index contributed by atoms with van der Waals surface area (Å²) in [6.45, 7) is 13.5. The molecular formula is C37H64N10O9. The number of hydrogen-bond acceptors (Lipinski definition) is 10. The normalized spacial score (nSPS) is 19.4. The zero-order valence-corrected chi connectivity index (χ0v) is 33.9. The van der Waals surface area contributed by atoms with E-state index < -0.39 is 102 Å². The molecule has 0 aromatic rings. The van der Waals surface area contributed by atoms with Gasteiger partial charge in [0.25, 0.3) is 0 Å². The molecular weight excluding hydrogens is 728 g/mol. The van der Waals surface area contributed by atoms with E-state index in [-0.39, 0.29) is 37.3 Å². The third kappa shape index (κ3) is 14.4. The lowest BCUT2D eigenvalue weighted by molar-refractivity contribution is -0.144. The molecule has 2 fully saturated rings. The summed E-state index contributed by atoms with van der Waals surface area (Å²) in [5.41, 5.74) is 10.1. The highest BCUT2D eigenvalue weighted by molar-refractivity contribution is 5.99. The number of nitrogens with zero attached hydrogens (tertiary/aromatic N) is 2. The van der Waals surface area contributed by atoms with Crippen molar-refractivity contribution in [2.75, 3.05) is 19.6 Å². The Morgan fingerprint density at radius 2 is 1.36 bits per heavy atom. The lowest BCUT2D eigenvalue weighted by atomic mass is 9.85. The minimum absolute atomic E-state index is 0.0497. The van der Waals surface area contributed by atoms with Crippen LogP contribution in [0, 0.1) is 16.7 Å². The number of nitrogens with one attached hydrogen (secondary N) is 6. The Balaban J connectivity index is 2.35. The number of likely N-dealkylation sites (tertiary alicyclic amines) is 2. The van der Waals surface area contributed by atoms with Crippen LogP contribution in [0.3, 0.4) is 0 Å². The van der Waals surface area contributed by atoms with Gasteiger partial charge >= 0.3 is 5.97 Å². The fourth-order valence-electron chi connectivity index (χ4n) is 7.07. The summed E-state index contributed by atoms with van der Waals surface area (Å²) in [4.78, 5) is 109. The fraction of sp³-hybridized carbons (Fsp3) is 0.757. The maximum absolute atomic E-state index is 14.2. The van der Waals surface area contributed by atoms with Gasteiger partial charge in [0.05, 0.1) is 24.9 Å². The minimum atomic E-state index is -1.54. The predicted octanol–water partition coefficient (Wildman–Crippen LogP) is -0.936. The lowest BCUT2D eigenvalue weighted by Crippen LogP contribution is -2.61. The van der Waals surface area contributed by atoms with Crippen LogP contribution in [-0.4, -0.2) is 130 Å². The molecule has 2 heterocycles. The predicted molar refractivity (Wildman–Crippen MR) is 206 cm³/mol. The van der Waals surface area contributed by atoms with E-state index in [0.29, 0.717) is 32.2 Å². The highest BCUT2D eigenvalue weighted by Crippen LogP contribution is 2.24. The molecule has 19 nitrogen and oxygen atoms in total. The molecule has 2 rings (SSSR count). The maximum Gasteiger partial charge on any atom is 0.305 e. The minimum Gasteiger partial charge on any atom is -0.481 e. The Hall–Kier alpha value is -4.81. The number of ketones is 1. The summed E-state index contributed by atoms with van der Waals surface area (Å²) in [6.07, 6.45) is 1.62. The van der Waals surface area contributed by atoms with Crippen LogP contribution in [0.5, 0.6) is 0 Å². The molecule has 11 N–H and O–H groups in total. The zero-order valence-electron chi connectivity index (χ0n) is 33.9. The highest BCUT2D eigenvalue weighted by Gasteiger charge is 2.42. The number of hydrogen-bond donors (Lipinski definition) is 9. The Morgan fingerprint density at radius 1 is 0.768 bits per heavy atom. The van der Waals surface area contributed by atoms with E-state index in [4.69, 9.17) is 16.9 Å². The molecule has 19 heteroatoms. The van der Waals surface area contributed by atoms with E-state index in [1.54, 1.807) is 34.6 Å². The van der Waals surface area contributed by atoms with Crippen molar-refractivity contribution in [2.45, 2.75) is 149 Å². The molecule has 0 aromatic heterocycles. The van der Waals surface area contributed by atoms with Crippen LogP contribution in [0.1, 0.15) is 106 Å². The molecule has 0 unspecified atom stereocenters.